The molecular formula is C25H31NO3S. The van der Waals surface area contributed by atoms with Gasteiger partial charge in [0, 0.05) is 17.2 Å². The van der Waals surface area contributed by atoms with Crippen LogP contribution in [-0.4, -0.2) is 23.0 Å². The van der Waals surface area contributed by atoms with Crippen LogP contribution < -0.4 is 5.32 Å². The first kappa shape index (κ1) is 21.1. The van der Waals surface area contributed by atoms with Gasteiger partial charge in [0.15, 0.2) is 0 Å². The number of carboxylic acids is 1. The molecule has 3 saturated carbocycles. The molecule has 5 rings (SSSR count). The highest BCUT2D eigenvalue weighted by atomic mass is 32.1. The van der Waals surface area contributed by atoms with Crippen LogP contribution in [0.1, 0.15) is 62.7 Å². The maximum absolute atomic E-state index is 13.2. The molecule has 0 radical (unpaired) electrons. The first-order valence-electron chi connectivity index (χ1n) is 11.0. The van der Waals surface area contributed by atoms with Crippen LogP contribution >= 0.6 is 11.3 Å². The molecule has 2 bridgehead atoms. The summed E-state index contributed by atoms with van der Waals surface area (Å²) >= 11 is 1.62. The van der Waals surface area contributed by atoms with Crippen LogP contribution in [0.25, 0.3) is 10.1 Å². The average molecular weight is 426 g/mol. The summed E-state index contributed by atoms with van der Waals surface area (Å²) in [6, 6.07) is 8.21. The third-order valence-electron chi connectivity index (χ3n) is 7.49. The van der Waals surface area contributed by atoms with Crippen LogP contribution in [0.2, 0.25) is 0 Å². The normalized spacial score (nSPS) is 27.1. The molecule has 1 unspecified atom stereocenters. The van der Waals surface area contributed by atoms with Gasteiger partial charge in [-0.2, -0.15) is 0 Å². The zero-order valence-corrected chi connectivity index (χ0v) is 18.6. The number of hydrogen-bond acceptors (Lipinski definition) is 3. The minimum atomic E-state index is -0.735. The average Bonchev–Trinajstić information content (AvgIpc) is 3.19. The number of carbonyl (C=O) groups excluding carboxylic acids is 1. The van der Waals surface area contributed by atoms with Crippen molar-refractivity contribution >= 4 is 33.3 Å². The first-order chi connectivity index (χ1) is 14.4. The van der Waals surface area contributed by atoms with E-state index in [4.69, 9.17) is 5.11 Å². The molecule has 3 aliphatic rings. The van der Waals surface area contributed by atoms with E-state index in [1.54, 1.807) is 11.3 Å². The van der Waals surface area contributed by atoms with Crippen molar-refractivity contribution in [3.8, 4) is 0 Å². The van der Waals surface area contributed by atoms with Gasteiger partial charge in [0.05, 0.1) is 5.56 Å². The van der Waals surface area contributed by atoms with Crippen LogP contribution in [0.3, 0.4) is 0 Å². The standard InChI is InChI=1S/C25H31NO3S/c1-25(2)17-14-20(25)18(9-5-3-4-6-11-22(27)28)21(15-17)26-24(29)19-10-7-8-16-12-13-30-23(16)19/h3,5,7-8,10,12-13,17-18,20-21H,4,6,9,11,14-15H2,1-2H3,(H,26,29)(H,27,28)/t17-,18+,20+,21?/m0/s1. The van der Waals surface area contributed by atoms with Crippen molar-refractivity contribution in [2.75, 3.05) is 0 Å². The SMILES string of the molecule is CC1(C)[C@@H]2CC(NC(=O)c3cccc4ccsc34)[C@H](CC=CCCCC(=O)O)[C@H]1C2. The van der Waals surface area contributed by atoms with Gasteiger partial charge in [-0.15, -0.1) is 11.3 Å². The number of carbonyl (C=O) groups is 2. The van der Waals surface area contributed by atoms with Crippen LogP contribution in [0.4, 0.5) is 0 Å². The maximum Gasteiger partial charge on any atom is 0.303 e. The van der Waals surface area contributed by atoms with Gasteiger partial charge in [-0.25, -0.2) is 0 Å². The molecule has 1 amide bonds. The molecule has 30 heavy (non-hydrogen) atoms. The van der Waals surface area contributed by atoms with E-state index in [9.17, 15) is 9.59 Å². The minimum absolute atomic E-state index is 0.0441. The molecule has 1 aromatic carbocycles. The van der Waals surface area contributed by atoms with E-state index in [1.807, 2.05) is 17.5 Å². The summed E-state index contributed by atoms with van der Waals surface area (Å²) in [4.78, 5) is 23.8. The molecule has 1 aromatic heterocycles. The van der Waals surface area contributed by atoms with Gasteiger partial charge < -0.3 is 10.4 Å². The Labute approximate surface area is 182 Å². The quantitative estimate of drug-likeness (QED) is 0.410. The van der Waals surface area contributed by atoms with E-state index in [0.29, 0.717) is 29.6 Å². The Bertz CT molecular complexity index is 960. The summed E-state index contributed by atoms with van der Waals surface area (Å²) in [7, 11) is 0. The number of allylic oxidation sites excluding steroid dienone is 2. The maximum atomic E-state index is 13.2. The van der Waals surface area contributed by atoms with Gasteiger partial charge in [-0.1, -0.05) is 38.1 Å². The molecule has 0 spiro atoms. The number of rotatable bonds is 8. The molecular weight excluding hydrogens is 394 g/mol. The molecule has 0 aliphatic heterocycles. The number of benzene rings is 1. The van der Waals surface area contributed by atoms with Gasteiger partial charge in [0.1, 0.15) is 0 Å². The van der Waals surface area contributed by atoms with Crippen molar-refractivity contribution in [2.45, 2.75) is 58.4 Å². The van der Waals surface area contributed by atoms with Gasteiger partial charge in [0.2, 0.25) is 0 Å². The van der Waals surface area contributed by atoms with E-state index < -0.39 is 5.97 Å². The predicted molar refractivity (Wildman–Crippen MR) is 122 cm³/mol. The fourth-order valence-electron chi connectivity index (χ4n) is 5.60. The topological polar surface area (TPSA) is 66.4 Å². The van der Waals surface area contributed by atoms with Crippen LogP contribution in [0, 0.1) is 23.2 Å². The second kappa shape index (κ2) is 8.54. The number of aliphatic carboxylic acids is 1. The highest BCUT2D eigenvalue weighted by Gasteiger charge is 2.57. The van der Waals surface area contributed by atoms with Gasteiger partial charge in [-0.05, 0) is 78.2 Å². The van der Waals surface area contributed by atoms with Crippen molar-refractivity contribution in [1.82, 2.24) is 5.32 Å². The highest BCUT2D eigenvalue weighted by Crippen LogP contribution is 2.62. The number of unbranched alkanes of at least 4 members (excludes halogenated alkanes) is 1. The molecule has 0 saturated heterocycles. The lowest BCUT2D eigenvalue weighted by molar-refractivity contribution is -0.137. The molecule has 4 atom stereocenters. The largest absolute Gasteiger partial charge is 0.481 e. The number of carboxylic acid groups (broad SMARTS) is 1. The number of nitrogens with one attached hydrogen (secondary N) is 1. The Morgan fingerprint density at radius 3 is 2.83 bits per heavy atom. The Morgan fingerprint density at radius 2 is 2.07 bits per heavy atom. The summed E-state index contributed by atoms with van der Waals surface area (Å²) in [6.45, 7) is 4.75. The zero-order valence-electron chi connectivity index (χ0n) is 17.8. The monoisotopic (exact) mass is 425 g/mol. The third-order valence-corrected chi connectivity index (χ3v) is 8.46. The van der Waals surface area contributed by atoms with Crippen molar-refractivity contribution in [1.29, 1.82) is 0 Å². The lowest BCUT2D eigenvalue weighted by atomic mass is 9.44. The fraction of sp³-hybridized carbons (Fsp3) is 0.520. The molecule has 1 heterocycles. The Morgan fingerprint density at radius 1 is 1.23 bits per heavy atom. The second-order valence-electron chi connectivity index (χ2n) is 9.48. The number of hydrogen-bond donors (Lipinski definition) is 2. The van der Waals surface area contributed by atoms with E-state index in [0.717, 1.165) is 34.9 Å². The summed E-state index contributed by atoms with van der Waals surface area (Å²) < 4.78 is 1.06. The summed E-state index contributed by atoms with van der Waals surface area (Å²) in [5, 5.41) is 15.3. The van der Waals surface area contributed by atoms with E-state index in [1.165, 1.54) is 6.42 Å². The van der Waals surface area contributed by atoms with Gasteiger partial charge in [0.25, 0.3) is 5.91 Å². The molecule has 5 heteroatoms. The first-order valence-corrected chi connectivity index (χ1v) is 11.9. The zero-order chi connectivity index (χ0) is 21.3. The minimum Gasteiger partial charge on any atom is -0.481 e. The molecule has 3 aliphatic carbocycles. The van der Waals surface area contributed by atoms with E-state index in [2.05, 4.69) is 43.4 Å². The smallest absolute Gasteiger partial charge is 0.303 e. The fourth-order valence-corrected chi connectivity index (χ4v) is 6.51. The van der Waals surface area contributed by atoms with Crippen molar-refractivity contribution in [3.05, 3.63) is 47.4 Å². The van der Waals surface area contributed by atoms with Gasteiger partial charge in [-0.3, -0.25) is 9.59 Å². The highest BCUT2D eigenvalue weighted by molar-refractivity contribution is 7.17. The lowest BCUT2D eigenvalue weighted by Gasteiger charge is -2.62. The van der Waals surface area contributed by atoms with Crippen molar-refractivity contribution in [2.24, 2.45) is 23.2 Å². The van der Waals surface area contributed by atoms with Crippen LogP contribution in [0.5, 0.6) is 0 Å². The van der Waals surface area contributed by atoms with Crippen molar-refractivity contribution in [3.63, 3.8) is 0 Å². The van der Waals surface area contributed by atoms with Crippen LogP contribution in [0.15, 0.2) is 41.8 Å². The van der Waals surface area contributed by atoms with Crippen molar-refractivity contribution < 1.29 is 14.7 Å². The summed E-state index contributed by atoms with van der Waals surface area (Å²) in [5.74, 6) is 1.06. The third kappa shape index (κ3) is 4.04. The number of thiophene rings is 1. The Balaban J connectivity index is 1.44. The molecule has 160 valence electrons. The Hall–Kier alpha value is -2.14. The summed E-state index contributed by atoms with van der Waals surface area (Å²) in [6.07, 6.45) is 9.28. The molecule has 2 aromatic rings. The van der Waals surface area contributed by atoms with E-state index in [-0.39, 0.29) is 18.4 Å². The predicted octanol–water partition coefficient (Wildman–Crippen LogP) is 5.88. The van der Waals surface area contributed by atoms with E-state index >= 15 is 0 Å². The number of amides is 1. The number of fused-ring (bicyclic) bond motifs is 3. The van der Waals surface area contributed by atoms with Gasteiger partial charge >= 0.3 is 5.97 Å². The van der Waals surface area contributed by atoms with Crippen LogP contribution in [-0.2, 0) is 4.79 Å². The molecule has 3 fully saturated rings. The molecule has 4 nitrogen and oxygen atoms in total. The molecule has 2 N–H and O–H groups in total. The lowest BCUT2D eigenvalue weighted by Crippen LogP contribution is -2.61. The Kier molecular flexibility index (Phi) is 6.01. The summed E-state index contributed by atoms with van der Waals surface area (Å²) in [5.41, 5.74) is 1.13. The second-order valence-corrected chi connectivity index (χ2v) is 10.4.